The van der Waals surface area contributed by atoms with Gasteiger partial charge in [0.05, 0.1) is 5.56 Å². The Labute approximate surface area is 130 Å². The van der Waals surface area contributed by atoms with Gasteiger partial charge < -0.3 is 15.8 Å². The zero-order valence-corrected chi connectivity index (χ0v) is 12.9. The summed E-state index contributed by atoms with van der Waals surface area (Å²) in [6.45, 7) is 5.36. The zero-order valence-electron chi connectivity index (χ0n) is 12.9. The van der Waals surface area contributed by atoms with E-state index in [-0.39, 0.29) is 5.54 Å². The van der Waals surface area contributed by atoms with Crippen LogP contribution in [0.25, 0.3) is 0 Å². The molecule has 0 fully saturated rings. The molecule has 0 saturated heterocycles. The number of aromatic nitrogens is 1. The van der Waals surface area contributed by atoms with Gasteiger partial charge in [-0.3, -0.25) is 4.79 Å². The van der Waals surface area contributed by atoms with E-state index < -0.39 is 5.91 Å². The molecule has 0 radical (unpaired) electrons. The summed E-state index contributed by atoms with van der Waals surface area (Å²) in [5, 5.41) is 3.45. The van der Waals surface area contributed by atoms with E-state index in [1.54, 1.807) is 12.1 Å². The van der Waals surface area contributed by atoms with Gasteiger partial charge in [-0.1, -0.05) is 30.3 Å². The third kappa shape index (κ3) is 4.86. The Balaban J connectivity index is 1.85. The summed E-state index contributed by atoms with van der Waals surface area (Å²) in [5.74, 6) is -0.0245. The first kappa shape index (κ1) is 16.0. The van der Waals surface area contributed by atoms with Crippen LogP contribution in [0.15, 0.2) is 48.7 Å². The molecule has 0 spiro atoms. The van der Waals surface area contributed by atoms with Crippen LogP contribution in [0.3, 0.4) is 0 Å². The molecule has 0 atom stereocenters. The Bertz CT molecular complexity index is 610. The van der Waals surface area contributed by atoms with E-state index in [2.05, 4.69) is 36.3 Å². The number of benzene rings is 1. The minimum atomic E-state index is -0.496. The third-order valence-corrected chi connectivity index (χ3v) is 3.22. The fourth-order valence-electron chi connectivity index (χ4n) is 1.85. The summed E-state index contributed by atoms with van der Waals surface area (Å²) < 4.78 is 5.67. The summed E-state index contributed by atoms with van der Waals surface area (Å²) in [6, 6.07) is 13.4. The number of nitrogens with one attached hydrogen (secondary N) is 1. The highest BCUT2D eigenvalue weighted by molar-refractivity contribution is 5.92. The number of pyridine rings is 1. The van der Waals surface area contributed by atoms with Gasteiger partial charge in [0.1, 0.15) is 6.61 Å². The summed E-state index contributed by atoms with van der Waals surface area (Å²) in [6.07, 6.45) is 1.42. The Morgan fingerprint density at radius 1 is 1.23 bits per heavy atom. The van der Waals surface area contributed by atoms with Gasteiger partial charge in [0.2, 0.25) is 11.8 Å². The van der Waals surface area contributed by atoms with Gasteiger partial charge in [-0.05, 0) is 25.5 Å². The SMILES string of the molecule is CC(C)(COc1ccc(C(N)=O)cn1)NCc1ccccc1. The molecule has 0 aliphatic heterocycles. The minimum Gasteiger partial charge on any atom is -0.476 e. The number of carbonyl (C=O) groups excluding carboxylic acids is 1. The summed E-state index contributed by atoms with van der Waals surface area (Å²) in [4.78, 5) is 15.1. The molecule has 3 N–H and O–H groups in total. The van der Waals surface area contributed by atoms with Gasteiger partial charge in [-0.15, -0.1) is 0 Å². The van der Waals surface area contributed by atoms with Crippen LogP contribution < -0.4 is 15.8 Å². The molecular formula is C17H21N3O2. The van der Waals surface area contributed by atoms with Crippen LogP contribution in [-0.2, 0) is 6.54 Å². The molecule has 1 aromatic heterocycles. The van der Waals surface area contributed by atoms with Crippen molar-refractivity contribution in [2.45, 2.75) is 25.9 Å². The number of nitrogens with two attached hydrogens (primary N) is 1. The molecule has 1 aromatic carbocycles. The molecule has 2 rings (SSSR count). The molecule has 2 aromatic rings. The first-order valence-electron chi connectivity index (χ1n) is 7.14. The average Bonchev–Trinajstić information content (AvgIpc) is 2.53. The van der Waals surface area contributed by atoms with E-state index in [4.69, 9.17) is 10.5 Å². The summed E-state index contributed by atoms with van der Waals surface area (Å²) >= 11 is 0. The van der Waals surface area contributed by atoms with E-state index in [0.717, 1.165) is 6.54 Å². The maximum absolute atomic E-state index is 11.0. The van der Waals surface area contributed by atoms with Gasteiger partial charge in [0.15, 0.2) is 0 Å². The van der Waals surface area contributed by atoms with E-state index in [9.17, 15) is 4.79 Å². The fraction of sp³-hybridized carbons (Fsp3) is 0.294. The lowest BCUT2D eigenvalue weighted by Crippen LogP contribution is -2.44. The summed E-state index contributed by atoms with van der Waals surface area (Å²) in [5.41, 5.74) is 6.55. The normalized spacial score (nSPS) is 11.2. The predicted molar refractivity (Wildman–Crippen MR) is 85.6 cm³/mol. The molecule has 1 amide bonds. The first-order chi connectivity index (χ1) is 10.5. The van der Waals surface area contributed by atoms with E-state index in [0.29, 0.717) is 18.1 Å². The van der Waals surface area contributed by atoms with Crippen molar-refractivity contribution in [3.05, 3.63) is 59.8 Å². The number of amides is 1. The van der Waals surface area contributed by atoms with Gasteiger partial charge in [0.25, 0.3) is 0 Å². The average molecular weight is 299 g/mol. The highest BCUT2D eigenvalue weighted by Gasteiger charge is 2.18. The van der Waals surface area contributed by atoms with Crippen molar-refractivity contribution in [1.29, 1.82) is 0 Å². The van der Waals surface area contributed by atoms with E-state index in [1.807, 2.05) is 18.2 Å². The number of carbonyl (C=O) groups is 1. The maximum Gasteiger partial charge on any atom is 0.250 e. The maximum atomic E-state index is 11.0. The quantitative estimate of drug-likeness (QED) is 0.821. The highest BCUT2D eigenvalue weighted by Crippen LogP contribution is 2.11. The van der Waals surface area contributed by atoms with Crippen LogP contribution in [-0.4, -0.2) is 23.0 Å². The second-order valence-corrected chi connectivity index (χ2v) is 5.76. The zero-order chi connectivity index (χ0) is 16.0. The second kappa shape index (κ2) is 7.04. The number of nitrogens with zero attached hydrogens (tertiary/aromatic N) is 1. The molecule has 5 heteroatoms. The lowest BCUT2D eigenvalue weighted by molar-refractivity contribution is 0.0999. The van der Waals surface area contributed by atoms with Crippen molar-refractivity contribution < 1.29 is 9.53 Å². The van der Waals surface area contributed by atoms with Crippen LogP contribution in [0, 0.1) is 0 Å². The van der Waals surface area contributed by atoms with Crippen LogP contribution in [0.5, 0.6) is 5.88 Å². The van der Waals surface area contributed by atoms with Crippen molar-refractivity contribution >= 4 is 5.91 Å². The largest absolute Gasteiger partial charge is 0.476 e. The van der Waals surface area contributed by atoms with Gasteiger partial charge in [0, 0.05) is 24.3 Å². The monoisotopic (exact) mass is 299 g/mol. The Kier molecular flexibility index (Phi) is 5.12. The van der Waals surface area contributed by atoms with E-state index in [1.165, 1.54) is 11.8 Å². The fourth-order valence-corrected chi connectivity index (χ4v) is 1.85. The Morgan fingerprint density at radius 2 is 1.95 bits per heavy atom. The van der Waals surface area contributed by atoms with Crippen LogP contribution in [0.4, 0.5) is 0 Å². The van der Waals surface area contributed by atoms with Crippen LogP contribution >= 0.6 is 0 Å². The molecule has 1 heterocycles. The topological polar surface area (TPSA) is 77.2 Å². The molecule has 116 valence electrons. The molecule has 5 nitrogen and oxygen atoms in total. The third-order valence-electron chi connectivity index (χ3n) is 3.22. The summed E-state index contributed by atoms with van der Waals surface area (Å²) in [7, 11) is 0. The van der Waals surface area contributed by atoms with Crippen molar-refractivity contribution in [3.63, 3.8) is 0 Å². The number of ether oxygens (including phenoxy) is 1. The standard InChI is InChI=1S/C17H21N3O2/c1-17(2,20-10-13-6-4-3-5-7-13)12-22-15-9-8-14(11-19-15)16(18)21/h3-9,11,20H,10,12H2,1-2H3,(H2,18,21). The second-order valence-electron chi connectivity index (χ2n) is 5.76. The molecule has 22 heavy (non-hydrogen) atoms. The number of primary amides is 1. The van der Waals surface area contributed by atoms with Crippen molar-refractivity contribution in [2.24, 2.45) is 5.73 Å². The van der Waals surface area contributed by atoms with Crippen molar-refractivity contribution in [2.75, 3.05) is 6.61 Å². The smallest absolute Gasteiger partial charge is 0.250 e. The van der Waals surface area contributed by atoms with Gasteiger partial charge >= 0.3 is 0 Å². The Morgan fingerprint density at radius 3 is 2.55 bits per heavy atom. The highest BCUT2D eigenvalue weighted by atomic mass is 16.5. The van der Waals surface area contributed by atoms with Crippen LogP contribution in [0.2, 0.25) is 0 Å². The first-order valence-corrected chi connectivity index (χ1v) is 7.14. The molecular weight excluding hydrogens is 278 g/mol. The van der Waals surface area contributed by atoms with Crippen molar-refractivity contribution in [3.8, 4) is 5.88 Å². The lowest BCUT2D eigenvalue weighted by atomic mass is 10.1. The molecule has 0 bridgehead atoms. The number of hydrogen-bond donors (Lipinski definition) is 2. The number of rotatable bonds is 7. The number of hydrogen-bond acceptors (Lipinski definition) is 4. The molecule has 0 aliphatic carbocycles. The predicted octanol–water partition coefficient (Wildman–Crippen LogP) is 2.13. The molecule has 0 aliphatic rings. The molecule has 0 unspecified atom stereocenters. The minimum absolute atomic E-state index is 0.208. The Hall–Kier alpha value is -2.40. The molecule has 0 saturated carbocycles. The van der Waals surface area contributed by atoms with Gasteiger partial charge in [-0.2, -0.15) is 0 Å². The lowest BCUT2D eigenvalue weighted by Gasteiger charge is -2.26. The van der Waals surface area contributed by atoms with Crippen LogP contribution in [0.1, 0.15) is 29.8 Å². The van der Waals surface area contributed by atoms with E-state index >= 15 is 0 Å². The van der Waals surface area contributed by atoms with Gasteiger partial charge in [-0.25, -0.2) is 4.98 Å². The van der Waals surface area contributed by atoms with Crippen molar-refractivity contribution in [1.82, 2.24) is 10.3 Å².